The van der Waals surface area contributed by atoms with E-state index in [-0.39, 0.29) is 34.2 Å². The summed E-state index contributed by atoms with van der Waals surface area (Å²) in [7, 11) is -2.17. The summed E-state index contributed by atoms with van der Waals surface area (Å²) in [6.07, 6.45) is 0.490. The lowest BCUT2D eigenvalue weighted by Crippen LogP contribution is -2.73. The topological polar surface area (TPSA) is 72.8 Å². The predicted molar refractivity (Wildman–Crippen MR) is 122 cm³/mol. The van der Waals surface area contributed by atoms with Gasteiger partial charge in [-0.2, -0.15) is 0 Å². The highest BCUT2D eigenvalue weighted by Gasteiger charge is 2.72. The molecule has 5 nitrogen and oxygen atoms in total. The minimum atomic E-state index is -2.17. The predicted octanol–water partition coefficient (Wildman–Crippen LogP) is 5.80. The van der Waals surface area contributed by atoms with Gasteiger partial charge in [-0.25, -0.2) is 4.79 Å². The number of hydrogen-bond donors (Lipinski definition) is 1. The van der Waals surface area contributed by atoms with Crippen molar-refractivity contribution in [3.05, 3.63) is 11.3 Å². The fourth-order valence-electron chi connectivity index (χ4n) is 5.59. The van der Waals surface area contributed by atoms with Crippen LogP contribution < -0.4 is 0 Å². The number of carbonyl (C=O) groups excluding carboxylic acids is 1. The number of rotatable bonds is 4. The molecule has 4 atom stereocenters. The van der Waals surface area contributed by atoms with Crippen LogP contribution in [0.1, 0.15) is 75.7 Å². The SMILES string of the molecule is CC1=C(C(=O)O)C(=O)[C@]2(C)C(C)(C)[C@H](C(C)C)C[C@H](O[Si](C)(C)C(C)(C)C)[C@@]2(C)O1. The van der Waals surface area contributed by atoms with Crippen molar-refractivity contribution in [3.8, 4) is 0 Å². The van der Waals surface area contributed by atoms with Gasteiger partial charge in [0.25, 0.3) is 0 Å². The standard InChI is InChI=1S/C24H42O5Si/c1-14(2)16-13-17(29-30(11,12)21(4,5)6)24(10)23(9,22(16,7)8)19(25)18(20(26)27)15(3)28-24/h14,16-17H,13H2,1-12H3,(H,26,27)/t16-,17-,23+,24+/m0/s1. The van der Waals surface area contributed by atoms with Crippen LogP contribution in [0, 0.1) is 22.7 Å². The van der Waals surface area contributed by atoms with Gasteiger partial charge in [-0.15, -0.1) is 0 Å². The summed E-state index contributed by atoms with van der Waals surface area (Å²) >= 11 is 0. The smallest absolute Gasteiger partial charge is 0.342 e. The normalized spacial score (nSPS) is 34.6. The number of carboxylic acid groups (broad SMARTS) is 1. The number of carboxylic acids is 1. The van der Waals surface area contributed by atoms with Gasteiger partial charge in [0.1, 0.15) is 16.9 Å². The molecule has 2 rings (SSSR count). The summed E-state index contributed by atoms with van der Waals surface area (Å²) in [6.45, 7) is 25.0. The molecule has 30 heavy (non-hydrogen) atoms. The van der Waals surface area contributed by atoms with Gasteiger partial charge in [0.2, 0.25) is 0 Å². The van der Waals surface area contributed by atoms with Gasteiger partial charge >= 0.3 is 5.97 Å². The number of fused-ring (bicyclic) bond motifs is 1. The van der Waals surface area contributed by atoms with Crippen LogP contribution in [0.5, 0.6) is 0 Å². The molecule has 0 bridgehead atoms. The largest absolute Gasteiger partial charge is 0.487 e. The lowest BCUT2D eigenvalue weighted by atomic mass is 9.43. The number of ether oxygens (including phenoxy) is 1. The van der Waals surface area contributed by atoms with E-state index in [0.717, 1.165) is 6.42 Å². The molecular formula is C24H42O5Si. The molecule has 0 unspecified atom stereocenters. The summed E-state index contributed by atoms with van der Waals surface area (Å²) in [5, 5.41) is 9.80. The van der Waals surface area contributed by atoms with Crippen molar-refractivity contribution in [1.29, 1.82) is 0 Å². The van der Waals surface area contributed by atoms with Gasteiger partial charge < -0.3 is 14.3 Å². The molecule has 0 radical (unpaired) electrons. The summed E-state index contributed by atoms with van der Waals surface area (Å²) in [4.78, 5) is 25.8. The summed E-state index contributed by atoms with van der Waals surface area (Å²) < 4.78 is 13.4. The molecule has 6 heteroatoms. The maximum atomic E-state index is 13.9. The van der Waals surface area contributed by atoms with Gasteiger partial charge in [-0.1, -0.05) is 48.5 Å². The molecule has 0 aromatic heterocycles. The highest BCUT2D eigenvalue weighted by atomic mass is 28.4. The number of aliphatic carboxylic acids is 1. The number of allylic oxidation sites excluding steroid dienone is 1. The lowest BCUT2D eigenvalue weighted by Gasteiger charge is -2.66. The molecule has 2 aliphatic rings. The van der Waals surface area contributed by atoms with Gasteiger partial charge in [0.15, 0.2) is 14.1 Å². The third-order valence-electron chi connectivity index (χ3n) is 8.95. The van der Waals surface area contributed by atoms with Crippen LogP contribution in [0.25, 0.3) is 0 Å². The van der Waals surface area contributed by atoms with Gasteiger partial charge in [0.05, 0.1) is 11.5 Å². The van der Waals surface area contributed by atoms with E-state index in [4.69, 9.17) is 9.16 Å². The Hall–Kier alpha value is -1.14. The van der Waals surface area contributed by atoms with Crippen molar-refractivity contribution in [2.24, 2.45) is 22.7 Å². The van der Waals surface area contributed by atoms with E-state index in [0.29, 0.717) is 5.92 Å². The van der Waals surface area contributed by atoms with Gasteiger partial charge in [-0.05, 0) is 62.6 Å². The third-order valence-corrected chi connectivity index (χ3v) is 13.4. The second-order valence-corrected chi connectivity index (χ2v) is 16.8. The first-order valence-corrected chi connectivity index (χ1v) is 14.0. The monoisotopic (exact) mass is 438 g/mol. The highest BCUT2D eigenvalue weighted by molar-refractivity contribution is 6.74. The fraction of sp³-hybridized carbons (Fsp3) is 0.833. The van der Waals surface area contributed by atoms with Gasteiger partial charge in [-0.3, -0.25) is 4.79 Å². The van der Waals surface area contributed by atoms with E-state index in [1.54, 1.807) is 6.92 Å². The number of hydrogen-bond acceptors (Lipinski definition) is 4. The second kappa shape index (κ2) is 7.19. The van der Waals surface area contributed by atoms with Crippen molar-refractivity contribution in [3.63, 3.8) is 0 Å². The zero-order valence-electron chi connectivity index (χ0n) is 21.0. The molecule has 172 valence electrons. The first-order chi connectivity index (χ1) is 13.3. The van der Waals surface area contributed by atoms with Crippen LogP contribution in [0.15, 0.2) is 11.3 Å². The summed E-state index contributed by atoms with van der Waals surface area (Å²) in [5.74, 6) is -0.855. The molecule has 0 aromatic rings. The van der Waals surface area contributed by atoms with Crippen LogP contribution in [0.4, 0.5) is 0 Å². The van der Waals surface area contributed by atoms with Gasteiger partial charge in [0, 0.05) is 0 Å². The Morgan fingerprint density at radius 3 is 2.10 bits per heavy atom. The van der Waals surface area contributed by atoms with E-state index >= 15 is 0 Å². The molecular weight excluding hydrogens is 396 g/mol. The van der Waals surface area contributed by atoms with Crippen molar-refractivity contribution in [2.45, 2.75) is 105 Å². The zero-order valence-corrected chi connectivity index (χ0v) is 22.0. The highest BCUT2D eigenvalue weighted by Crippen LogP contribution is 2.65. The molecule has 0 amide bonds. The van der Waals surface area contributed by atoms with Crippen LogP contribution in [0.2, 0.25) is 18.1 Å². The van der Waals surface area contributed by atoms with Crippen LogP contribution >= 0.6 is 0 Å². The van der Waals surface area contributed by atoms with Crippen molar-refractivity contribution in [2.75, 3.05) is 0 Å². The molecule has 1 heterocycles. The minimum Gasteiger partial charge on any atom is -0.487 e. The van der Waals surface area contributed by atoms with Crippen LogP contribution in [-0.2, 0) is 18.8 Å². The Labute approximate surface area is 183 Å². The maximum absolute atomic E-state index is 13.9. The molecule has 0 spiro atoms. The molecule has 0 aromatic carbocycles. The number of ketones is 1. The Balaban J connectivity index is 2.77. The number of carbonyl (C=O) groups is 2. The molecule has 1 aliphatic carbocycles. The Morgan fingerprint density at radius 1 is 1.20 bits per heavy atom. The molecule has 1 fully saturated rings. The van der Waals surface area contributed by atoms with Crippen molar-refractivity contribution in [1.82, 2.24) is 0 Å². The fourth-order valence-corrected chi connectivity index (χ4v) is 6.98. The molecule has 1 N–H and O–H groups in total. The third kappa shape index (κ3) is 3.29. The average molecular weight is 439 g/mol. The number of Topliss-reactive ketones (excluding diaryl/α,β-unsaturated/α-hetero) is 1. The van der Waals surface area contributed by atoms with E-state index in [1.807, 2.05) is 13.8 Å². The lowest BCUT2D eigenvalue weighted by molar-refractivity contribution is -0.241. The zero-order chi connectivity index (χ0) is 23.7. The molecule has 0 saturated heterocycles. The Kier molecular flexibility index (Phi) is 6.02. The quantitative estimate of drug-likeness (QED) is 0.443. The van der Waals surface area contributed by atoms with Crippen LogP contribution in [0.3, 0.4) is 0 Å². The van der Waals surface area contributed by atoms with E-state index in [2.05, 4.69) is 61.6 Å². The maximum Gasteiger partial charge on any atom is 0.342 e. The van der Waals surface area contributed by atoms with Crippen molar-refractivity contribution < 1.29 is 23.9 Å². The summed E-state index contributed by atoms with van der Waals surface area (Å²) in [5.41, 5.74) is -2.68. The Morgan fingerprint density at radius 2 is 1.70 bits per heavy atom. The van der Waals surface area contributed by atoms with Crippen LogP contribution in [-0.4, -0.2) is 36.9 Å². The average Bonchev–Trinajstić information content (AvgIpc) is 2.52. The van der Waals surface area contributed by atoms with E-state index in [9.17, 15) is 14.7 Å². The molecule has 1 saturated carbocycles. The molecule has 1 aliphatic heterocycles. The van der Waals surface area contributed by atoms with Crippen molar-refractivity contribution >= 4 is 20.1 Å². The first kappa shape index (κ1) is 25.1. The van der Waals surface area contributed by atoms with E-state index in [1.165, 1.54) is 0 Å². The minimum absolute atomic E-state index is 0.00976. The first-order valence-electron chi connectivity index (χ1n) is 11.1. The second-order valence-electron chi connectivity index (χ2n) is 12.1. The van der Waals surface area contributed by atoms with E-state index < -0.39 is 30.7 Å². The Bertz CT molecular complexity index is 773. The summed E-state index contributed by atoms with van der Waals surface area (Å²) in [6, 6.07) is 0.